The molecule has 0 aliphatic carbocycles. The number of hydrogen-bond acceptors (Lipinski definition) is 4. The number of aryl methyl sites for hydroxylation is 1. The molecular formula is C20H22F3N5O. The van der Waals surface area contributed by atoms with E-state index in [0.29, 0.717) is 31.0 Å². The second-order valence-electron chi connectivity index (χ2n) is 7.16. The van der Waals surface area contributed by atoms with Gasteiger partial charge in [-0.1, -0.05) is 12.1 Å². The Morgan fingerprint density at radius 3 is 2.48 bits per heavy atom. The van der Waals surface area contributed by atoms with Crippen LogP contribution in [-0.2, 0) is 12.7 Å². The highest BCUT2D eigenvalue weighted by Gasteiger charge is 2.31. The average Bonchev–Trinajstić information content (AvgIpc) is 3.04. The number of alkyl halides is 3. The molecular weight excluding hydrogens is 383 g/mol. The molecule has 9 heteroatoms. The minimum Gasteiger partial charge on any atom is -0.369 e. The Morgan fingerprint density at radius 1 is 0.966 bits per heavy atom. The summed E-state index contributed by atoms with van der Waals surface area (Å²) >= 11 is 0. The number of anilines is 1. The molecule has 0 unspecified atom stereocenters. The minimum absolute atomic E-state index is 0.144. The van der Waals surface area contributed by atoms with E-state index >= 15 is 0 Å². The van der Waals surface area contributed by atoms with Crippen molar-refractivity contribution < 1.29 is 13.2 Å². The van der Waals surface area contributed by atoms with E-state index in [0.717, 1.165) is 32.1 Å². The lowest BCUT2D eigenvalue weighted by Gasteiger charge is -2.36. The maximum atomic E-state index is 12.9. The van der Waals surface area contributed by atoms with Crippen LogP contribution >= 0.6 is 0 Å². The smallest absolute Gasteiger partial charge is 0.369 e. The molecule has 1 saturated heterocycles. The van der Waals surface area contributed by atoms with Crippen molar-refractivity contribution in [3.05, 3.63) is 64.7 Å². The number of nitrogens with zero attached hydrogens (tertiary/aromatic N) is 5. The first-order valence-electron chi connectivity index (χ1n) is 9.60. The lowest BCUT2D eigenvalue weighted by molar-refractivity contribution is -0.137. The highest BCUT2D eigenvalue weighted by Crippen LogP contribution is 2.31. The molecule has 1 aliphatic heterocycles. The summed E-state index contributed by atoms with van der Waals surface area (Å²) in [6.45, 7) is 4.25. The predicted molar refractivity (Wildman–Crippen MR) is 104 cm³/mol. The quantitative estimate of drug-likeness (QED) is 0.655. The van der Waals surface area contributed by atoms with Gasteiger partial charge in [-0.05, 0) is 36.8 Å². The van der Waals surface area contributed by atoms with Crippen molar-refractivity contribution in [2.24, 2.45) is 0 Å². The zero-order chi connectivity index (χ0) is 20.4. The van der Waals surface area contributed by atoms with Crippen LogP contribution in [0.5, 0.6) is 0 Å². The van der Waals surface area contributed by atoms with Gasteiger partial charge in [-0.15, -0.1) is 5.10 Å². The Hall–Kier alpha value is -2.81. The van der Waals surface area contributed by atoms with E-state index in [-0.39, 0.29) is 5.69 Å². The maximum Gasteiger partial charge on any atom is 0.416 e. The van der Waals surface area contributed by atoms with E-state index in [1.54, 1.807) is 24.4 Å². The molecule has 0 radical (unpaired) electrons. The highest BCUT2D eigenvalue weighted by atomic mass is 19.4. The van der Waals surface area contributed by atoms with Gasteiger partial charge in [0.05, 0.1) is 5.56 Å². The van der Waals surface area contributed by atoms with Gasteiger partial charge in [0.15, 0.2) is 5.65 Å². The number of fused-ring (bicyclic) bond motifs is 1. The summed E-state index contributed by atoms with van der Waals surface area (Å²) < 4.78 is 41.7. The number of rotatable bonds is 5. The van der Waals surface area contributed by atoms with Crippen molar-refractivity contribution in [2.45, 2.75) is 19.1 Å². The van der Waals surface area contributed by atoms with Crippen LogP contribution in [0, 0.1) is 0 Å². The molecule has 0 bridgehead atoms. The van der Waals surface area contributed by atoms with Crippen LogP contribution in [0.1, 0.15) is 12.0 Å². The maximum absolute atomic E-state index is 12.9. The van der Waals surface area contributed by atoms with E-state index in [2.05, 4.69) is 10.00 Å². The fourth-order valence-corrected chi connectivity index (χ4v) is 3.67. The molecule has 3 aromatic rings. The molecule has 2 aromatic heterocycles. The van der Waals surface area contributed by atoms with E-state index < -0.39 is 11.7 Å². The minimum atomic E-state index is -4.33. The first-order valence-corrected chi connectivity index (χ1v) is 9.60. The van der Waals surface area contributed by atoms with Gasteiger partial charge in [-0.3, -0.25) is 9.30 Å². The van der Waals surface area contributed by atoms with E-state index in [4.69, 9.17) is 0 Å². The number of benzene rings is 1. The van der Waals surface area contributed by atoms with Gasteiger partial charge in [-0.2, -0.15) is 13.2 Å². The van der Waals surface area contributed by atoms with Gasteiger partial charge in [0.25, 0.3) is 0 Å². The molecule has 1 fully saturated rings. The molecule has 3 heterocycles. The molecule has 0 spiro atoms. The lowest BCUT2D eigenvalue weighted by atomic mass is 10.1. The molecule has 4 rings (SSSR count). The third kappa shape index (κ3) is 4.29. The Kier molecular flexibility index (Phi) is 5.31. The third-order valence-corrected chi connectivity index (χ3v) is 5.24. The summed E-state index contributed by atoms with van der Waals surface area (Å²) in [5.41, 5.74) is 0.480. The summed E-state index contributed by atoms with van der Waals surface area (Å²) in [6.07, 6.45) is -1.84. The fraction of sp³-hybridized carbons (Fsp3) is 0.400. The van der Waals surface area contributed by atoms with Gasteiger partial charge < -0.3 is 4.90 Å². The Bertz CT molecular complexity index is 1030. The first-order chi connectivity index (χ1) is 13.9. The van der Waals surface area contributed by atoms with Crippen LogP contribution in [0.25, 0.3) is 5.65 Å². The number of piperazine rings is 1. The summed E-state index contributed by atoms with van der Waals surface area (Å²) in [5.74, 6) is 0. The Morgan fingerprint density at radius 2 is 1.76 bits per heavy atom. The molecule has 0 atom stereocenters. The molecule has 0 N–H and O–H groups in total. The molecule has 6 nitrogen and oxygen atoms in total. The second kappa shape index (κ2) is 7.90. The van der Waals surface area contributed by atoms with Crippen LogP contribution in [0.3, 0.4) is 0 Å². The van der Waals surface area contributed by atoms with Crippen LogP contribution in [0.4, 0.5) is 18.9 Å². The third-order valence-electron chi connectivity index (χ3n) is 5.24. The molecule has 1 aliphatic rings. The predicted octanol–water partition coefficient (Wildman–Crippen LogP) is 2.73. The van der Waals surface area contributed by atoms with Crippen molar-refractivity contribution in [1.82, 2.24) is 19.1 Å². The zero-order valence-electron chi connectivity index (χ0n) is 15.8. The Balaban J connectivity index is 1.29. The number of halogens is 3. The average molecular weight is 405 g/mol. The summed E-state index contributed by atoms with van der Waals surface area (Å²) in [5, 5.41) is 4.32. The number of hydrogen-bond donors (Lipinski definition) is 0. The largest absolute Gasteiger partial charge is 0.416 e. The standard InChI is InChI=1S/C20H22F3N5O/c21-20(22,23)16-5-3-6-17(15-16)26-13-11-25(12-14-26)8-4-10-28-19(29)27-9-2-1-7-18(27)24-28/h1-3,5-7,9,15H,4,8,10-14H2. The lowest BCUT2D eigenvalue weighted by Crippen LogP contribution is -2.46. The van der Waals surface area contributed by atoms with Crippen molar-refractivity contribution in [1.29, 1.82) is 0 Å². The molecule has 0 amide bonds. The van der Waals surface area contributed by atoms with Gasteiger partial charge >= 0.3 is 11.9 Å². The van der Waals surface area contributed by atoms with E-state index in [1.165, 1.54) is 21.2 Å². The van der Waals surface area contributed by atoms with Gasteiger partial charge in [0.2, 0.25) is 0 Å². The van der Waals surface area contributed by atoms with Crippen molar-refractivity contribution in [2.75, 3.05) is 37.6 Å². The summed E-state index contributed by atoms with van der Waals surface area (Å²) in [7, 11) is 0. The summed E-state index contributed by atoms with van der Waals surface area (Å²) in [4.78, 5) is 16.5. The Labute approximate surface area is 165 Å². The van der Waals surface area contributed by atoms with Crippen molar-refractivity contribution >= 4 is 11.3 Å². The van der Waals surface area contributed by atoms with E-state index in [1.807, 2.05) is 11.0 Å². The van der Waals surface area contributed by atoms with Gasteiger partial charge in [0, 0.05) is 51.2 Å². The second-order valence-corrected chi connectivity index (χ2v) is 7.16. The molecule has 29 heavy (non-hydrogen) atoms. The van der Waals surface area contributed by atoms with E-state index in [9.17, 15) is 18.0 Å². The zero-order valence-corrected chi connectivity index (χ0v) is 15.8. The van der Waals surface area contributed by atoms with Gasteiger partial charge in [-0.25, -0.2) is 9.48 Å². The van der Waals surface area contributed by atoms with Crippen molar-refractivity contribution in [3.8, 4) is 0 Å². The van der Waals surface area contributed by atoms with Gasteiger partial charge in [0.1, 0.15) is 0 Å². The molecule has 154 valence electrons. The number of pyridine rings is 1. The normalized spacial score (nSPS) is 15.9. The SMILES string of the molecule is O=c1n(CCCN2CCN(c3cccc(C(F)(F)F)c3)CC2)nc2ccccn12. The first kappa shape index (κ1) is 19.5. The summed E-state index contributed by atoms with van der Waals surface area (Å²) in [6, 6.07) is 10.9. The van der Waals surface area contributed by atoms with Crippen LogP contribution < -0.4 is 10.6 Å². The molecule has 0 saturated carbocycles. The van der Waals surface area contributed by atoms with Crippen LogP contribution in [-0.4, -0.2) is 51.8 Å². The monoisotopic (exact) mass is 405 g/mol. The fourth-order valence-electron chi connectivity index (χ4n) is 3.67. The van der Waals surface area contributed by atoms with Crippen LogP contribution in [0.2, 0.25) is 0 Å². The number of aromatic nitrogens is 3. The van der Waals surface area contributed by atoms with Crippen molar-refractivity contribution in [3.63, 3.8) is 0 Å². The highest BCUT2D eigenvalue weighted by molar-refractivity contribution is 5.49. The molecule has 1 aromatic carbocycles. The van der Waals surface area contributed by atoms with Crippen LogP contribution in [0.15, 0.2) is 53.5 Å². The topological polar surface area (TPSA) is 45.8 Å².